The van der Waals surface area contributed by atoms with Gasteiger partial charge in [-0.15, -0.1) is 0 Å². The first kappa shape index (κ1) is 17.9. The molecule has 0 spiro atoms. The molecule has 3 heteroatoms. The molecule has 1 saturated carbocycles. The summed E-state index contributed by atoms with van der Waals surface area (Å²) in [5.74, 6) is 1.57. The lowest BCUT2D eigenvalue weighted by Gasteiger charge is -2.39. The zero-order valence-corrected chi connectivity index (χ0v) is 14.1. The van der Waals surface area contributed by atoms with Crippen molar-refractivity contribution in [1.82, 2.24) is 4.90 Å². The van der Waals surface area contributed by atoms with Gasteiger partial charge in [0.1, 0.15) is 0 Å². The minimum absolute atomic E-state index is 0.400. The molecule has 1 rings (SSSR count). The Morgan fingerprint density at radius 1 is 1.20 bits per heavy atom. The van der Waals surface area contributed by atoms with E-state index in [0.717, 1.165) is 25.6 Å². The minimum Gasteiger partial charge on any atom is -0.383 e. The van der Waals surface area contributed by atoms with Gasteiger partial charge in [0, 0.05) is 32.3 Å². The number of hydrogen-bond acceptors (Lipinski definition) is 3. The van der Waals surface area contributed by atoms with E-state index in [1.807, 2.05) is 0 Å². The zero-order valence-electron chi connectivity index (χ0n) is 14.1. The van der Waals surface area contributed by atoms with Gasteiger partial charge in [-0.05, 0) is 43.9 Å². The third-order valence-electron chi connectivity index (χ3n) is 5.24. The van der Waals surface area contributed by atoms with Crippen molar-refractivity contribution in [3.63, 3.8) is 0 Å². The van der Waals surface area contributed by atoms with E-state index in [0.29, 0.717) is 18.0 Å². The summed E-state index contributed by atoms with van der Waals surface area (Å²) in [7, 11) is 1.80. The first-order valence-corrected chi connectivity index (χ1v) is 8.64. The van der Waals surface area contributed by atoms with E-state index in [4.69, 9.17) is 10.5 Å². The first-order chi connectivity index (χ1) is 9.65. The molecule has 3 unspecified atom stereocenters. The Bertz CT molecular complexity index is 243. The molecule has 0 aromatic heterocycles. The molecule has 120 valence electrons. The van der Waals surface area contributed by atoms with Gasteiger partial charge in [0.05, 0.1) is 6.61 Å². The molecule has 0 saturated heterocycles. The maximum atomic E-state index is 6.40. The molecule has 0 radical (unpaired) electrons. The number of rotatable bonds is 9. The Balaban J connectivity index is 2.61. The van der Waals surface area contributed by atoms with E-state index in [1.54, 1.807) is 7.11 Å². The van der Waals surface area contributed by atoms with Crippen molar-refractivity contribution in [3.05, 3.63) is 0 Å². The van der Waals surface area contributed by atoms with Gasteiger partial charge in [-0.1, -0.05) is 27.2 Å². The second-order valence-corrected chi connectivity index (χ2v) is 6.47. The second-order valence-electron chi connectivity index (χ2n) is 6.47. The molecule has 0 heterocycles. The van der Waals surface area contributed by atoms with Crippen LogP contribution in [0.1, 0.15) is 59.3 Å². The molecule has 0 bridgehead atoms. The minimum atomic E-state index is 0.400. The predicted molar refractivity (Wildman–Crippen MR) is 86.9 cm³/mol. The van der Waals surface area contributed by atoms with E-state index in [-0.39, 0.29) is 0 Å². The standard InChI is InChI=1S/C17H36N2O/c1-5-14-8-9-17(18)15(12-14)13-19(10-11-20-4)16(6-2)7-3/h14-17H,5-13,18H2,1-4H3. The Morgan fingerprint density at radius 2 is 1.90 bits per heavy atom. The number of ether oxygens (including phenoxy) is 1. The maximum absolute atomic E-state index is 6.40. The van der Waals surface area contributed by atoms with Crippen LogP contribution in [0.3, 0.4) is 0 Å². The molecule has 0 aromatic carbocycles. The van der Waals surface area contributed by atoms with Gasteiger partial charge in [0.15, 0.2) is 0 Å². The molecule has 2 N–H and O–H groups in total. The van der Waals surface area contributed by atoms with E-state index >= 15 is 0 Å². The van der Waals surface area contributed by atoms with Crippen LogP contribution in [-0.4, -0.2) is 43.8 Å². The van der Waals surface area contributed by atoms with Gasteiger partial charge >= 0.3 is 0 Å². The molecular weight excluding hydrogens is 248 g/mol. The fourth-order valence-corrected chi connectivity index (χ4v) is 3.70. The van der Waals surface area contributed by atoms with Crippen molar-refractivity contribution in [2.75, 3.05) is 26.8 Å². The highest BCUT2D eigenvalue weighted by molar-refractivity contribution is 4.85. The van der Waals surface area contributed by atoms with E-state index < -0.39 is 0 Å². The lowest BCUT2D eigenvalue weighted by molar-refractivity contribution is 0.0813. The molecule has 1 aliphatic rings. The summed E-state index contributed by atoms with van der Waals surface area (Å²) in [6.07, 6.45) is 7.62. The van der Waals surface area contributed by atoms with Crippen molar-refractivity contribution in [3.8, 4) is 0 Å². The van der Waals surface area contributed by atoms with Crippen LogP contribution >= 0.6 is 0 Å². The average molecular weight is 284 g/mol. The monoisotopic (exact) mass is 284 g/mol. The number of nitrogens with zero attached hydrogens (tertiary/aromatic N) is 1. The summed E-state index contributed by atoms with van der Waals surface area (Å²) in [6, 6.07) is 1.08. The molecule has 1 aliphatic carbocycles. The van der Waals surface area contributed by atoms with Crippen LogP contribution in [0.25, 0.3) is 0 Å². The van der Waals surface area contributed by atoms with Gasteiger partial charge in [0.25, 0.3) is 0 Å². The summed E-state index contributed by atoms with van der Waals surface area (Å²) in [5.41, 5.74) is 6.40. The Hall–Kier alpha value is -0.120. The summed E-state index contributed by atoms with van der Waals surface area (Å²) in [4.78, 5) is 2.63. The van der Waals surface area contributed by atoms with Crippen molar-refractivity contribution in [1.29, 1.82) is 0 Å². The average Bonchev–Trinajstić information content (AvgIpc) is 2.47. The molecule has 0 amide bonds. The number of nitrogens with two attached hydrogens (primary N) is 1. The van der Waals surface area contributed by atoms with Crippen LogP contribution in [0.5, 0.6) is 0 Å². The highest BCUT2D eigenvalue weighted by atomic mass is 16.5. The summed E-state index contributed by atoms with van der Waals surface area (Å²) < 4.78 is 5.30. The van der Waals surface area contributed by atoms with Gasteiger partial charge in [-0.2, -0.15) is 0 Å². The van der Waals surface area contributed by atoms with Crippen molar-refractivity contribution >= 4 is 0 Å². The molecule has 0 aliphatic heterocycles. The molecule has 3 nitrogen and oxygen atoms in total. The first-order valence-electron chi connectivity index (χ1n) is 8.64. The lowest BCUT2D eigenvalue weighted by atomic mass is 9.77. The summed E-state index contributed by atoms with van der Waals surface area (Å²) >= 11 is 0. The molecule has 3 atom stereocenters. The van der Waals surface area contributed by atoms with E-state index in [2.05, 4.69) is 25.7 Å². The van der Waals surface area contributed by atoms with Crippen molar-refractivity contribution < 1.29 is 4.74 Å². The topological polar surface area (TPSA) is 38.5 Å². The number of methoxy groups -OCH3 is 1. The molecule has 0 aromatic rings. The molecule has 1 fully saturated rings. The Morgan fingerprint density at radius 3 is 2.45 bits per heavy atom. The predicted octanol–water partition coefficient (Wildman–Crippen LogP) is 3.28. The summed E-state index contributed by atoms with van der Waals surface area (Å²) in [5, 5.41) is 0. The third kappa shape index (κ3) is 5.34. The fourth-order valence-electron chi connectivity index (χ4n) is 3.70. The van der Waals surface area contributed by atoms with Crippen molar-refractivity contribution in [2.24, 2.45) is 17.6 Å². The SMILES string of the molecule is CCC1CCC(N)C(CN(CCOC)C(CC)CC)C1. The normalized spacial score (nSPS) is 27.4. The number of hydrogen-bond donors (Lipinski definition) is 1. The molecular formula is C17H36N2O. The van der Waals surface area contributed by atoms with Crippen LogP contribution in [0.4, 0.5) is 0 Å². The Kier molecular flexibility index (Phi) is 8.74. The van der Waals surface area contributed by atoms with Gasteiger partial charge in [0.2, 0.25) is 0 Å². The fraction of sp³-hybridized carbons (Fsp3) is 1.00. The van der Waals surface area contributed by atoms with Gasteiger partial charge in [-0.3, -0.25) is 4.90 Å². The van der Waals surface area contributed by atoms with E-state index in [9.17, 15) is 0 Å². The smallest absolute Gasteiger partial charge is 0.0589 e. The highest BCUT2D eigenvalue weighted by Gasteiger charge is 2.30. The van der Waals surface area contributed by atoms with E-state index in [1.165, 1.54) is 38.5 Å². The van der Waals surface area contributed by atoms with Gasteiger partial charge in [-0.25, -0.2) is 0 Å². The highest BCUT2D eigenvalue weighted by Crippen LogP contribution is 2.31. The van der Waals surface area contributed by atoms with Crippen molar-refractivity contribution in [2.45, 2.75) is 71.4 Å². The third-order valence-corrected chi connectivity index (χ3v) is 5.24. The molecule has 20 heavy (non-hydrogen) atoms. The van der Waals surface area contributed by atoms with Crippen LogP contribution in [-0.2, 0) is 4.74 Å². The van der Waals surface area contributed by atoms with Crippen LogP contribution < -0.4 is 5.73 Å². The summed E-state index contributed by atoms with van der Waals surface area (Å²) in [6.45, 7) is 9.95. The lowest BCUT2D eigenvalue weighted by Crippen LogP contribution is -2.47. The Labute approximate surface area is 126 Å². The second kappa shape index (κ2) is 9.75. The maximum Gasteiger partial charge on any atom is 0.0589 e. The van der Waals surface area contributed by atoms with Crippen LogP contribution in [0.15, 0.2) is 0 Å². The van der Waals surface area contributed by atoms with Crippen LogP contribution in [0.2, 0.25) is 0 Å². The van der Waals surface area contributed by atoms with Gasteiger partial charge < -0.3 is 10.5 Å². The largest absolute Gasteiger partial charge is 0.383 e. The quantitative estimate of drug-likeness (QED) is 0.706. The van der Waals surface area contributed by atoms with Crippen LogP contribution in [0, 0.1) is 11.8 Å². The zero-order chi connectivity index (χ0) is 15.0.